The number of aliphatic hydroxyl groups is 2. The number of allylic oxidation sites excluding steroid dienone is 3. The molecule has 0 radical (unpaired) electrons. The van der Waals surface area contributed by atoms with Crippen LogP contribution in [0.2, 0.25) is 0 Å². The second-order valence-corrected chi connectivity index (χ2v) is 13.5. The first-order valence-corrected chi connectivity index (χ1v) is 16.8. The first kappa shape index (κ1) is 37.7. The highest BCUT2D eigenvalue weighted by molar-refractivity contribution is 5.71. The molecule has 0 aliphatic carbocycles. The van der Waals surface area contributed by atoms with Crippen molar-refractivity contribution in [3.8, 4) is 0 Å². The van der Waals surface area contributed by atoms with E-state index >= 15 is 0 Å². The smallest absolute Gasteiger partial charge is 0.410 e. The molecule has 0 spiro atoms. The summed E-state index contributed by atoms with van der Waals surface area (Å²) >= 11 is 0. The van der Waals surface area contributed by atoms with Crippen LogP contribution < -0.4 is 5.32 Å². The van der Waals surface area contributed by atoms with Crippen LogP contribution in [0.5, 0.6) is 0 Å². The Morgan fingerprint density at radius 1 is 1.22 bits per heavy atom. The van der Waals surface area contributed by atoms with Crippen molar-refractivity contribution in [2.75, 3.05) is 26.2 Å². The lowest BCUT2D eigenvalue weighted by molar-refractivity contribution is -0.158. The molecule has 2 fully saturated rings. The minimum absolute atomic E-state index is 0.0879. The molecule has 0 bridgehead atoms. The summed E-state index contributed by atoms with van der Waals surface area (Å²) in [5.41, 5.74) is -0.484. The molecule has 1 amide bonds. The lowest BCUT2D eigenvalue weighted by atomic mass is 9.88. The van der Waals surface area contributed by atoms with E-state index in [1.807, 2.05) is 45.9 Å². The summed E-state index contributed by atoms with van der Waals surface area (Å²) in [7, 11) is 0. The van der Waals surface area contributed by atoms with E-state index in [1.54, 1.807) is 17.9 Å². The number of esters is 2. The van der Waals surface area contributed by atoms with E-state index in [0.717, 1.165) is 12.0 Å². The van der Waals surface area contributed by atoms with Crippen LogP contribution in [0.4, 0.5) is 4.79 Å². The van der Waals surface area contributed by atoms with E-state index in [-0.39, 0.29) is 55.3 Å². The second-order valence-electron chi connectivity index (χ2n) is 13.5. The molecule has 0 aromatic heterocycles. The molecule has 3 aliphatic rings. The molecule has 0 aromatic rings. The molecule has 2 saturated heterocycles. The number of carbonyl (C=O) groups is 3. The van der Waals surface area contributed by atoms with Crippen LogP contribution in [0, 0.1) is 17.8 Å². The highest BCUT2D eigenvalue weighted by Gasteiger charge is 2.45. The topological polar surface area (TPSA) is 147 Å². The zero-order chi connectivity index (χ0) is 34.0. The Balaban J connectivity index is 1.77. The number of epoxide rings is 1. The molecule has 260 valence electrons. The standard InChI is InChI=1S/C35H56N2O9/c1-8-28(40)25(5)33-29(44-33)20-22(2)10-9-11-23(3)32-24(4)12-13-30(43-26(6)38)35(7,15-14-27(39)21-31(41)45-32)46-34(42)37-18-16-36-17-19-37/h9-13,22,24-25,27-30,32-33,36,39-40H,8,14-21H2,1-7H3/b10-9+,13-12-,23-11+/t22-,24+,25-,27-,28+,29-,30+,32-,33-,35-/m1/s1. The zero-order valence-corrected chi connectivity index (χ0v) is 28.6. The summed E-state index contributed by atoms with van der Waals surface area (Å²) in [6, 6.07) is 0. The van der Waals surface area contributed by atoms with Gasteiger partial charge in [0.25, 0.3) is 0 Å². The number of nitrogens with one attached hydrogen (secondary N) is 1. The van der Waals surface area contributed by atoms with Crippen molar-refractivity contribution in [1.82, 2.24) is 10.2 Å². The largest absolute Gasteiger partial charge is 0.457 e. The molecule has 3 rings (SSSR count). The van der Waals surface area contributed by atoms with Crippen molar-refractivity contribution in [1.29, 1.82) is 0 Å². The molecule has 0 unspecified atom stereocenters. The van der Waals surface area contributed by atoms with Gasteiger partial charge in [0.05, 0.1) is 30.8 Å². The molecule has 46 heavy (non-hydrogen) atoms. The monoisotopic (exact) mass is 648 g/mol. The second kappa shape index (κ2) is 17.4. The Hall–Kier alpha value is -2.73. The molecule has 11 heteroatoms. The Labute approximate surface area is 274 Å². The Morgan fingerprint density at radius 2 is 1.91 bits per heavy atom. The Morgan fingerprint density at radius 3 is 2.57 bits per heavy atom. The number of rotatable bonds is 10. The summed E-state index contributed by atoms with van der Waals surface area (Å²) in [6.45, 7) is 15.2. The maximum atomic E-state index is 13.2. The zero-order valence-electron chi connectivity index (χ0n) is 28.6. The summed E-state index contributed by atoms with van der Waals surface area (Å²) < 4.78 is 23.4. The first-order valence-electron chi connectivity index (χ1n) is 16.8. The number of ether oxygens (including phenoxy) is 4. The van der Waals surface area contributed by atoms with Crippen LogP contribution in [0.1, 0.15) is 80.6 Å². The molecule has 3 heterocycles. The fraction of sp³-hybridized carbons (Fsp3) is 0.743. The third-order valence-corrected chi connectivity index (χ3v) is 9.31. The van der Waals surface area contributed by atoms with E-state index in [1.165, 1.54) is 6.92 Å². The lowest BCUT2D eigenvalue weighted by Gasteiger charge is -2.38. The highest BCUT2D eigenvalue weighted by atomic mass is 16.6. The van der Waals surface area contributed by atoms with Crippen molar-refractivity contribution in [3.05, 3.63) is 36.0 Å². The molecule has 10 atom stereocenters. The van der Waals surface area contributed by atoms with E-state index in [0.29, 0.717) is 32.6 Å². The van der Waals surface area contributed by atoms with E-state index in [2.05, 4.69) is 18.3 Å². The van der Waals surface area contributed by atoms with E-state index < -0.39 is 41.9 Å². The van der Waals surface area contributed by atoms with Crippen molar-refractivity contribution >= 4 is 18.0 Å². The van der Waals surface area contributed by atoms with Gasteiger partial charge in [0.15, 0.2) is 11.7 Å². The van der Waals surface area contributed by atoms with Crippen molar-refractivity contribution in [3.63, 3.8) is 0 Å². The van der Waals surface area contributed by atoms with Gasteiger partial charge in [-0.05, 0) is 57.1 Å². The minimum atomic E-state index is -1.29. The first-order chi connectivity index (χ1) is 21.7. The molecule has 11 nitrogen and oxygen atoms in total. The van der Waals surface area contributed by atoms with Gasteiger partial charge in [-0.25, -0.2) is 4.79 Å². The maximum absolute atomic E-state index is 13.2. The van der Waals surface area contributed by atoms with Crippen molar-refractivity contribution in [2.45, 2.75) is 123 Å². The number of hydrogen-bond donors (Lipinski definition) is 3. The summed E-state index contributed by atoms with van der Waals surface area (Å²) in [5.74, 6) is -1.05. The fourth-order valence-corrected chi connectivity index (χ4v) is 6.17. The predicted molar refractivity (Wildman–Crippen MR) is 174 cm³/mol. The lowest BCUT2D eigenvalue weighted by Crippen LogP contribution is -2.52. The highest BCUT2D eigenvalue weighted by Crippen LogP contribution is 2.36. The van der Waals surface area contributed by atoms with Gasteiger partial charge in [-0.3, -0.25) is 9.59 Å². The van der Waals surface area contributed by atoms with Crippen molar-refractivity contribution in [2.24, 2.45) is 17.8 Å². The van der Waals surface area contributed by atoms with Gasteiger partial charge in [-0.1, -0.05) is 52.0 Å². The predicted octanol–water partition coefficient (Wildman–Crippen LogP) is 4.07. The van der Waals surface area contributed by atoms with Gasteiger partial charge in [-0.2, -0.15) is 0 Å². The summed E-state index contributed by atoms with van der Waals surface area (Å²) in [6.07, 6.45) is 7.82. The summed E-state index contributed by atoms with van der Waals surface area (Å²) in [5, 5.41) is 24.1. The molecule has 3 aliphatic heterocycles. The number of aliphatic hydroxyl groups excluding tert-OH is 2. The van der Waals surface area contributed by atoms with Gasteiger partial charge < -0.3 is 39.4 Å². The molecular weight excluding hydrogens is 592 g/mol. The summed E-state index contributed by atoms with van der Waals surface area (Å²) in [4.78, 5) is 39.9. The van der Waals surface area contributed by atoms with Crippen molar-refractivity contribution < 1.29 is 43.5 Å². The van der Waals surface area contributed by atoms with E-state index in [9.17, 15) is 24.6 Å². The average molecular weight is 649 g/mol. The van der Waals surface area contributed by atoms with Crippen LogP contribution in [-0.2, 0) is 28.5 Å². The van der Waals surface area contributed by atoms with Gasteiger partial charge in [0, 0.05) is 44.9 Å². The number of carbonyl (C=O) groups excluding carboxylic acids is 3. The van der Waals surface area contributed by atoms with Crippen LogP contribution >= 0.6 is 0 Å². The number of amides is 1. The molecule has 0 saturated carbocycles. The quantitative estimate of drug-likeness (QED) is 0.104. The fourth-order valence-electron chi connectivity index (χ4n) is 6.17. The van der Waals surface area contributed by atoms with Crippen LogP contribution in [-0.4, -0.2) is 102 Å². The number of cyclic esters (lactones) is 1. The van der Waals surface area contributed by atoms with Crippen LogP contribution in [0.25, 0.3) is 0 Å². The molecule has 3 N–H and O–H groups in total. The van der Waals surface area contributed by atoms with Gasteiger partial charge in [-0.15, -0.1) is 0 Å². The van der Waals surface area contributed by atoms with Gasteiger partial charge >= 0.3 is 18.0 Å². The van der Waals surface area contributed by atoms with Crippen LogP contribution in [0.15, 0.2) is 36.0 Å². The van der Waals surface area contributed by atoms with E-state index in [4.69, 9.17) is 18.9 Å². The number of hydrogen-bond acceptors (Lipinski definition) is 10. The Kier molecular flexibility index (Phi) is 14.3. The molecule has 0 aromatic carbocycles. The number of nitrogens with zero attached hydrogens (tertiary/aromatic N) is 1. The third-order valence-electron chi connectivity index (χ3n) is 9.31. The average Bonchev–Trinajstić information content (AvgIpc) is 3.78. The Bertz CT molecular complexity index is 1120. The normalized spacial score (nSPS) is 34.0. The van der Waals surface area contributed by atoms with Crippen LogP contribution in [0.3, 0.4) is 0 Å². The SMILES string of the molecule is CC[C@H](O)[C@@H](C)[C@H]1O[C@@H]1C[C@H](C)/C=C/C=C(\C)[C@H]1OC(=O)C[C@H](O)CC[C@@](C)(OC(=O)N2CCNCC2)[C@@H](OC(C)=O)/C=C\[C@@H]1C. The maximum Gasteiger partial charge on any atom is 0.410 e. The number of piperazine rings is 1. The third kappa shape index (κ3) is 11.2. The van der Waals surface area contributed by atoms with Gasteiger partial charge in [0.2, 0.25) is 0 Å². The van der Waals surface area contributed by atoms with Gasteiger partial charge in [0.1, 0.15) is 6.10 Å². The minimum Gasteiger partial charge on any atom is -0.457 e. The molecular formula is C35H56N2O9.